The summed E-state index contributed by atoms with van der Waals surface area (Å²) >= 11 is 1.65. The van der Waals surface area contributed by atoms with Crippen LogP contribution in [0.25, 0.3) is 27.8 Å². The Hall–Kier alpha value is -8.14. The van der Waals surface area contributed by atoms with E-state index in [1.165, 1.54) is 9.78 Å². The quantitative estimate of drug-likeness (QED) is 0.0544. The third-order valence-electron chi connectivity index (χ3n) is 15.2. The second-order valence-electron chi connectivity index (χ2n) is 21.0. The maximum Gasteiger partial charge on any atom is 0.254 e. The van der Waals surface area contributed by atoms with E-state index in [4.69, 9.17) is 44.1 Å². The molecule has 4 aliphatic rings. The van der Waals surface area contributed by atoms with Crippen molar-refractivity contribution in [2.75, 3.05) is 55.3 Å². The number of hydrogen-bond acceptors (Lipinski definition) is 19. The number of nitrogens with one attached hydrogen (secondary N) is 1. The standard InChI is InChI=1S/C59H65N11O9S/c1-35(2)55(59(73)69-32-43(71)23-49(69)57(60)72)52-27-54(67-79-52)75-21-7-8-39-15-18-44(29-62-39)77-45-24-46(25-45)78-53-22-40(19-20-61-53)70-41-16-17-42(70)31-68(30-41)50-26-48(47-9-5-6-10-51(47)76-34-74-4)65-66-58(50)63-28-37-11-13-38(14-12-37)56-36(3)64-33-80-56/h5-15,18-20,22,26-27,29,33,35,41-43,45-46,49,55,71H,16-17,21,23-25,28,30-32,34H2,1-4H3,(H2,60,72)(H,63,66)/b8-7+/t41-,42-,43?,45?,46?,49?,55?/m1/s1. The summed E-state index contributed by atoms with van der Waals surface area (Å²) < 4.78 is 35.2. The molecule has 1 aliphatic carbocycles. The molecule has 3 unspecified atom stereocenters. The number of aliphatic hydroxyl groups is 1. The van der Waals surface area contributed by atoms with Crippen LogP contribution in [0.15, 0.2) is 113 Å². The molecule has 4 N–H and O–H groups in total. The molecule has 21 heteroatoms. The Labute approximate surface area is 467 Å². The number of anilines is 3. The van der Waals surface area contributed by atoms with Crippen molar-refractivity contribution in [1.82, 2.24) is 35.2 Å². The van der Waals surface area contributed by atoms with E-state index in [1.807, 2.05) is 75.0 Å². The number of benzene rings is 2. The van der Waals surface area contributed by atoms with Crippen molar-refractivity contribution in [3.05, 3.63) is 132 Å². The highest BCUT2D eigenvalue weighted by molar-refractivity contribution is 7.13. The second-order valence-corrected chi connectivity index (χ2v) is 21.9. The molecule has 5 aromatic heterocycles. The molecule has 416 valence electrons. The summed E-state index contributed by atoms with van der Waals surface area (Å²) in [5.74, 6) is 1.26. The molecular weight excluding hydrogens is 1040 g/mol. The molecule has 8 heterocycles. The zero-order chi connectivity index (χ0) is 55.3. The van der Waals surface area contributed by atoms with E-state index >= 15 is 0 Å². The highest BCUT2D eigenvalue weighted by atomic mass is 32.1. The number of piperazine rings is 1. The Bertz CT molecular complexity index is 3280. The van der Waals surface area contributed by atoms with Gasteiger partial charge in [-0.15, -0.1) is 21.5 Å². The van der Waals surface area contributed by atoms with Gasteiger partial charge in [0.15, 0.2) is 18.4 Å². The van der Waals surface area contributed by atoms with Gasteiger partial charge in [-0.3, -0.25) is 14.6 Å². The number of carbonyl (C=O) groups excluding carboxylic acids is 2. The maximum absolute atomic E-state index is 13.5. The number of pyridine rings is 2. The van der Waals surface area contributed by atoms with Crippen molar-refractivity contribution in [3.63, 3.8) is 0 Å². The minimum Gasteiger partial charge on any atom is -0.489 e. The van der Waals surface area contributed by atoms with Crippen LogP contribution in [0.2, 0.25) is 0 Å². The van der Waals surface area contributed by atoms with Gasteiger partial charge in [0.2, 0.25) is 17.7 Å². The van der Waals surface area contributed by atoms with E-state index < -0.39 is 24.0 Å². The van der Waals surface area contributed by atoms with E-state index in [0.717, 1.165) is 84.0 Å². The van der Waals surface area contributed by atoms with Gasteiger partial charge in [0, 0.05) is 94.2 Å². The fourth-order valence-electron chi connectivity index (χ4n) is 11.2. The van der Waals surface area contributed by atoms with Crippen LogP contribution in [-0.4, -0.2) is 129 Å². The topological polar surface area (TPSA) is 239 Å². The van der Waals surface area contributed by atoms with Gasteiger partial charge in [-0.05, 0) is 90.5 Å². The van der Waals surface area contributed by atoms with Crippen LogP contribution in [0, 0.1) is 12.8 Å². The lowest BCUT2D eigenvalue weighted by Crippen LogP contribution is -2.54. The lowest BCUT2D eigenvalue weighted by atomic mass is 9.91. The Morgan fingerprint density at radius 1 is 0.900 bits per heavy atom. The molecule has 2 bridgehead atoms. The van der Waals surface area contributed by atoms with Gasteiger partial charge in [0.05, 0.1) is 45.5 Å². The molecule has 0 spiro atoms. The Kier molecular flexibility index (Phi) is 16.2. The zero-order valence-electron chi connectivity index (χ0n) is 45.1. The average Bonchev–Trinajstić information content (AvgIpc) is 4.32. The van der Waals surface area contributed by atoms with Crippen LogP contribution in [-0.2, 0) is 20.9 Å². The third kappa shape index (κ3) is 12.0. The van der Waals surface area contributed by atoms with Crippen molar-refractivity contribution in [3.8, 4) is 45.0 Å². The lowest BCUT2D eigenvalue weighted by molar-refractivity contribution is -0.139. The highest BCUT2D eigenvalue weighted by Gasteiger charge is 2.44. The van der Waals surface area contributed by atoms with Gasteiger partial charge in [-0.1, -0.05) is 50.2 Å². The van der Waals surface area contributed by atoms with Gasteiger partial charge >= 0.3 is 0 Å². The van der Waals surface area contributed by atoms with Crippen LogP contribution in [0.4, 0.5) is 17.2 Å². The average molecular weight is 1100 g/mol. The number of likely N-dealkylation sites (tertiary alicyclic amines) is 1. The minimum atomic E-state index is -0.875. The van der Waals surface area contributed by atoms with Gasteiger partial charge in [0.1, 0.15) is 42.3 Å². The molecule has 2 aromatic carbocycles. The summed E-state index contributed by atoms with van der Waals surface area (Å²) in [5.41, 5.74) is 15.1. The van der Waals surface area contributed by atoms with E-state index in [-0.39, 0.29) is 68.4 Å². The number of β-amino-alcohol motifs (C(OH)–C–C–N with tert-alkyl or cyclic N) is 1. The van der Waals surface area contributed by atoms with E-state index in [0.29, 0.717) is 35.4 Å². The number of ether oxygens (including phenoxy) is 5. The van der Waals surface area contributed by atoms with Crippen LogP contribution in [0.3, 0.4) is 0 Å². The van der Waals surface area contributed by atoms with Crippen molar-refractivity contribution < 1.29 is 42.9 Å². The first kappa shape index (κ1) is 53.8. The summed E-state index contributed by atoms with van der Waals surface area (Å²) in [4.78, 5) is 46.6. The predicted molar refractivity (Wildman–Crippen MR) is 302 cm³/mol. The Morgan fingerprint density at radius 3 is 2.44 bits per heavy atom. The number of hydrogen-bond donors (Lipinski definition) is 3. The van der Waals surface area contributed by atoms with Gasteiger partial charge in [-0.25, -0.2) is 9.97 Å². The number of amides is 2. The van der Waals surface area contributed by atoms with E-state index in [1.54, 1.807) is 36.8 Å². The molecular formula is C59H65N11O9S. The van der Waals surface area contributed by atoms with Crippen molar-refractivity contribution in [2.45, 2.75) is 102 Å². The number of fused-ring (bicyclic) bond motifs is 2. The number of aromatic nitrogens is 6. The Balaban J connectivity index is 0.673. The highest BCUT2D eigenvalue weighted by Crippen LogP contribution is 2.41. The van der Waals surface area contributed by atoms with Crippen LogP contribution < -0.4 is 39.8 Å². The third-order valence-corrected chi connectivity index (χ3v) is 16.2. The number of para-hydroxylation sites is 1. The SMILES string of the molecule is COCOc1ccccc1-c1cc(N2C[C@H]3CC[C@H](C2)N3c2ccnc(OC3CC(Oc4ccc(/C=C/COc5cc(C(C(=O)N6CC(O)CC6C(N)=O)C(C)C)on5)nc4)C3)c2)c(NCc2ccc(-c3scnc3C)cc2)nn1. The number of primary amides is 1. The van der Waals surface area contributed by atoms with E-state index in [2.05, 4.69) is 77.7 Å². The number of aryl methyl sites for hydroxylation is 1. The van der Waals surface area contributed by atoms with Gasteiger partial charge < -0.3 is 59.1 Å². The van der Waals surface area contributed by atoms with Crippen molar-refractivity contribution in [2.24, 2.45) is 11.7 Å². The molecule has 5 atom stereocenters. The van der Waals surface area contributed by atoms with Gasteiger partial charge in [0.25, 0.3) is 5.88 Å². The number of rotatable bonds is 22. The van der Waals surface area contributed by atoms with Crippen molar-refractivity contribution >= 4 is 46.4 Å². The number of aliphatic hydroxyl groups excluding tert-OH is 1. The lowest BCUT2D eigenvalue weighted by Gasteiger charge is -2.44. The predicted octanol–water partition coefficient (Wildman–Crippen LogP) is 8.07. The number of methoxy groups -OCH3 is 1. The first-order valence-electron chi connectivity index (χ1n) is 27.1. The summed E-state index contributed by atoms with van der Waals surface area (Å²) in [6.07, 6.45) is 9.97. The molecule has 80 heavy (non-hydrogen) atoms. The summed E-state index contributed by atoms with van der Waals surface area (Å²) in [6, 6.07) is 27.7. The summed E-state index contributed by atoms with van der Waals surface area (Å²) in [5, 5.41) is 27.4. The molecule has 20 nitrogen and oxygen atoms in total. The first-order valence-corrected chi connectivity index (χ1v) is 28.0. The molecule has 3 aliphatic heterocycles. The largest absolute Gasteiger partial charge is 0.489 e. The second kappa shape index (κ2) is 24.1. The van der Waals surface area contributed by atoms with Crippen LogP contribution >= 0.6 is 11.3 Å². The van der Waals surface area contributed by atoms with E-state index in [9.17, 15) is 14.7 Å². The fraction of sp³-hybridized carbons (Fsp3) is 0.390. The smallest absolute Gasteiger partial charge is 0.254 e. The number of thiazole rings is 1. The number of nitrogens with two attached hydrogens (primary N) is 1. The molecule has 4 fully saturated rings. The van der Waals surface area contributed by atoms with Gasteiger partial charge in [-0.2, -0.15) is 0 Å². The molecule has 3 saturated heterocycles. The molecule has 7 aromatic rings. The van der Waals surface area contributed by atoms with Crippen molar-refractivity contribution in [1.29, 1.82) is 0 Å². The zero-order valence-corrected chi connectivity index (χ0v) is 45.9. The Morgan fingerprint density at radius 2 is 1.70 bits per heavy atom. The monoisotopic (exact) mass is 1100 g/mol. The summed E-state index contributed by atoms with van der Waals surface area (Å²) in [7, 11) is 1.61. The van der Waals surface area contributed by atoms with Crippen LogP contribution in [0.5, 0.6) is 23.3 Å². The van der Waals surface area contributed by atoms with Crippen LogP contribution in [0.1, 0.15) is 74.6 Å². The molecule has 1 saturated carbocycles. The molecule has 2 amide bonds. The fourth-order valence-corrected chi connectivity index (χ4v) is 12.0. The molecule has 0 radical (unpaired) electrons. The molecule has 11 rings (SSSR count). The minimum absolute atomic E-state index is 0.0128. The number of carbonyl (C=O) groups is 2. The maximum atomic E-state index is 13.5. The normalized spacial score (nSPS) is 20.9. The number of nitrogens with zero attached hydrogens (tertiary/aromatic N) is 9. The first-order chi connectivity index (χ1) is 38.9. The summed E-state index contributed by atoms with van der Waals surface area (Å²) in [6.45, 7) is 8.28.